The molecule has 0 N–H and O–H groups in total. The Morgan fingerprint density at radius 1 is 1.13 bits per heavy atom. The molecule has 2 aromatic heterocycles. The maximum absolute atomic E-state index is 12.9. The van der Waals surface area contributed by atoms with E-state index < -0.39 is 0 Å². The van der Waals surface area contributed by atoms with Gasteiger partial charge in [-0.2, -0.15) is 4.68 Å². The van der Waals surface area contributed by atoms with Gasteiger partial charge in [0.1, 0.15) is 0 Å². The molecule has 1 amide bonds. The van der Waals surface area contributed by atoms with Gasteiger partial charge >= 0.3 is 0 Å². The fraction of sp³-hybridized carbons (Fsp3) is 0.286. The monoisotopic (exact) mass is 436 g/mol. The van der Waals surface area contributed by atoms with E-state index in [-0.39, 0.29) is 5.91 Å². The number of likely N-dealkylation sites (tertiary alicyclic amines) is 1. The van der Waals surface area contributed by atoms with Crippen molar-refractivity contribution in [2.24, 2.45) is 0 Å². The van der Waals surface area contributed by atoms with Crippen molar-refractivity contribution < 1.29 is 4.79 Å². The van der Waals surface area contributed by atoms with Crippen LogP contribution in [0.4, 0.5) is 0 Å². The summed E-state index contributed by atoms with van der Waals surface area (Å²) >= 11 is 3.12. The molecular formula is C21H20N6OS2. The van der Waals surface area contributed by atoms with Crippen LogP contribution in [-0.2, 0) is 4.79 Å². The first kappa shape index (κ1) is 19.2. The number of nitrogens with zero attached hydrogens (tertiary/aromatic N) is 6. The molecule has 0 bridgehead atoms. The second kappa shape index (κ2) is 8.53. The number of benzene rings is 2. The maximum atomic E-state index is 12.9. The predicted molar refractivity (Wildman–Crippen MR) is 118 cm³/mol. The second-order valence-corrected chi connectivity index (χ2v) is 9.20. The molecule has 9 heteroatoms. The number of thiazole rings is 1. The summed E-state index contributed by atoms with van der Waals surface area (Å²) in [6, 6.07) is 17.9. The van der Waals surface area contributed by atoms with Gasteiger partial charge < -0.3 is 4.90 Å². The van der Waals surface area contributed by atoms with Crippen LogP contribution >= 0.6 is 23.1 Å². The lowest BCUT2D eigenvalue weighted by molar-refractivity contribution is -0.129. The average molecular weight is 437 g/mol. The summed E-state index contributed by atoms with van der Waals surface area (Å²) in [4.78, 5) is 19.7. The summed E-state index contributed by atoms with van der Waals surface area (Å²) in [6.45, 7) is 1.52. The Hall–Kier alpha value is -2.78. The highest BCUT2D eigenvalue weighted by atomic mass is 32.2. The summed E-state index contributed by atoms with van der Waals surface area (Å²) in [6.07, 6.45) is 2.07. The standard InChI is InChI=1S/C21H20N6OS2/c28-19(14-29-21-23-24-25-27(21)16-8-2-1-3-9-16)26-12-6-7-15(13-26)20-22-17-10-4-5-11-18(17)30-20/h1-5,8-11,15H,6-7,12-14H2/t15-/m0/s1. The molecular weight excluding hydrogens is 416 g/mol. The summed E-state index contributed by atoms with van der Waals surface area (Å²) < 4.78 is 2.87. The van der Waals surface area contributed by atoms with Crippen LogP contribution in [-0.4, -0.2) is 54.8 Å². The number of amides is 1. The zero-order valence-corrected chi connectivity index (χ0v) is 17.9. The third kappa shape index (κ3) is 3.95. The van der Waals surface area contributed by atoms with E-state index in [0.717, 1.165) is 42.1 Å². The van der Waals surface area contributed by atoms with Gasteiger partial charge in [-0.05, 0) is 47.5 Å². The fourth-order valence-corrected chi connectivity index (χ4v) is 5.57. The van der Waals surface area contributed by atoms with Crippen LogP contribution in [0.5, 0.6) is 0 Å². The van der Waals surface area contributed by atoms with E-state index in [0.29, 0.717) is 16.8 Å². The Kier molecular flexibility index (Phi) is 5.46. The molecule has 0 unspecified atom stereocenters. The van der Waals surface area contributed by atoms with Crippen molar-refractivity contribution in [1.82, 2.24) is 30.1 Å². The van der Waals surface area contributed by atoms with Crippen LogP contribution in [0.1, 0.15) is 23.8 Å². The van der Waals surface area contributed by atoms with Crippen molar-refractivity contribution >= 4 is 39.2 Å². The number of thioether (sulfide) groups is 1. The van der Waals surface area contributed by atoms with Gasteiger partial charge in [-0.3, -0.25) is 4.79 Å². The SMILES string of the molecule is O=C(CSc1nnnn1-c1ccccc1)N1CCC[C@H](c2nc3ccccc3s2)C1. The van der Waals surface area contributed by atoms with E-state index in [1.165, 1.54) is 16.5 Å². The van der Waals surface area contributed by atoms with E-state index in [9.17, 15) is 4.79 Å². The minimum Gasteiger partial charge on any atom is -0.341 e. The minimum absolute atomic E-state index is 0.119. The number of aromatic nitrogens is 5. The van der Waals surface area contributed by atoms with Gasteiger partial charge in [-0.15, -0.1) is 16.4 Å². The molecule has 0 spiro atoms. The van der Waals surface area contributed by atoms with Crippen LogP contribution in [0, 0.1) is 0 Å². The Morgan fingerprint density at radius 3 is 2.83 bits per heavy atom. The Morgan fingerprint density at radius 2 is 1.97 bits per heavy atom. The number of para-hydroxylation sites is 2. The molecule has 4 aromatic rings. The summed E-state index contributed by atoms with van der Waals surface area (Å²) in [5.41, 5.74) is 1.93. The molecule has 1 saturated heterocycles. The van der Waals surface area contributed by atoms with E-state index in [1.54, 1.807) is 16.0 Å². The zero-order valence-electron chi connectivity index (χ0n) is 16.2. The molecule has 5 rings (SSSR count). The summed E-state index contributed by atoms with van der Waals surface area (Å²) in [7, 11) is 0. The number of hydrogen-bond acceptors (Lipinski definition) is 7. The molecule has 7 nitrogen and oxygen atoms in total. The molecule has 0 aliphatic carbocycles. The Labute approximate surface area is 182 Å². The van der Waals surface area contributed by atoms with Crippen LogP contribution in [0.3, 0.4) is 0 Å². The first-order chi connectivity index (χ1) is 14.8. The van der Waals surface area contributed by atoms with Gasteiger partial charge in [0.2, 0.25) is 11.1 Å². The smallest absolute Gasteiger partial charge is 0.233 e. The molecule has 30 heavy (non-hydrogen) atoms. The quantitative estimate of drug-likeness (QED) is 0.443. The molecule has 1 atom stereocenters. The fourth-order valence-electron chi connectivity index (χ4n) is 3.69. The number of piperidine rings is 1. The van der Waals surface area contributed by atoms with E-state index in [2.05, 4.69) is 27.7 Å². The van der Waals surface area contributed by atoms with Gasteiger partial charge in [0.05, 0.1) is 26.7 Å². The number of carbonyl (C=O) groups excluding carboxylic acids is 1. The van der Waals surface area contributed by atoms with Crippen molar-refractivity contribution in [3.05, 3.63) is 59.6 Å². The van der Waals surface area contributed by atoms with Crippen LogP contribution in [0.25, 0.3) is 15.9 Å². The largest absolute Gasteiger partial charge is 0.341 e. The highest BCUT2D eigenvalue weighted by Gasteiger charge is 2.27. The van der Waals surface area contributed by atoms with Crippen LogP contribution in [0.15, 0.2) is 59.8 Å². The van der Waals surface area contributed by atoms with Crippen molar-refractivity contribution in [2.75, 3.05) is 18.8 Å². The van der Waals surface area contributed by atoms with Gasteiger partial charge in [0.15, 0.2) is 0 Å². The average Bonchev–Trinajstić information content (AvgIpc) is 3.45. The van der Waals surface area contributed by atoms with Crippen LogP contribution < -0.4 is 0 Å². The molecule has 0 radical (unpaired) electrons. The first-order valence-electron chi connectivity index (χ1n) is 9.88. The number of hydrogen-bond donors (Lipinski definition) is 0. The molecule has 3 heterocycles. The van der Waals surface area contributed by atoms with E-state index in [4.69, 9.17) is 4.98 Å². The van der Waals surface area contributed by atoms with E-state index >= 15 is 0 Å². The molecule has 1 fully saturated rings. The van der Waals surface area contributed by atoms with Crippen molar-refractivity contribution in [3.8, 4) is 5.69 Å². The van der Waals surface area contributed by atoms with Gasteiger partial charge in [-0.25, -0.2) is 4.98 Å². The lowest BCUT2D eigenvalue weighted by Crippen LogP contribution is -2.40. The first-order valence-corrected chi connectivity index (χ1v) is 11.7. The van der Waals surface area contributed by atoms with Crippen molar-refractivity contribution in [3.63, 3.8) is 0 Å². The van der Waals surface area contributed by atoms with Crippen molar-refractivity contribution in [2.45, 2.75) is 23.9 Å². The zero-order chi connectivity index (χ0) is 20.3. The number of rotatable bonds is 5. The molecule has 1 aliphatic heterocycles. The van der Waals surface area contributed by atoms with Crippen molar-refractivity contribution in [1.29, 1.82) is 0 Å². The normalized spacial score (nSPS) is 16.8. The molecule has 2 aromatic carbocycles. The Balaban J connectivity index is 1.24. The summed E-state index contributed by atoms with van der Waals surface area (Å²) in [5, 5.41) is 13.7. The lowest BCUT2D eigenvalue weighted by atomic mass is 9.99. The van der Waals surface area contributed by atoms with Gasteiger partial charge in [0.25, 0.3) is 0 Å². The summed E-state index contributed by atoms with van der Waals surface area (Å²) in [5.74, 6) is 0.743. The third-order valence-electron chi connectivity index (χ3n) is 5.20. The predicted octanol–water partition coefficient (Wildman–Crippen LogP) is 3.77. The highest BCUT2D eigenvalue weighted by molar-refractivity contribution is 7.99. The lowest BCUT2D eigenvalue weighted by Gasteiger charge is -2.31. The Bertz CT molecular complexity index is 1130. The van der Waals surface area contributed by atoms with Crippen LogP contribution in [0.2, 0.25) is 0 Å². The molecule has 0 saturated carbocycles. The van der Waals surface area contributed by atoms with Gasteiger partial charge in [-0.1, -0.05) is 42.1 Å². The molecule has 152 valence electrons. The minimum atomic E-state index is 0.119. The number of tetrazole rings is 1. The number of fused-ring (bicyclic) bond motifs is 1. The number of carbonyl (C=O) groups is 1. The maximum Gasteiger partial charge on any atom is 0.233 e. The molecule has 1 aliphatic rings. The third-order valence-corrected chi connectivity index (χ3v) is 7.30. The topological polar surface area (TPSA) is 76.8 Å². The van der Waals surface area contributed by atoms with E-state index in [1.807, 2.05) is 47.4 Å². The van der Waals surface area contributed by atoms with Gasteiger partial charge in [0, 0.05) is 19.0 Å². The highest BCUT2D eigenvalue weighted by Crippen LogP contribution is 2.33. The second-order valence-electron chi connectivity index (χ2n) is 7.20.